The number of rotatable bonds is 4. The van der Waals surface area contributed by atoms with Gasteiger partial charge in [-0.3, -0.25) is 9.58 Å². The Balaban J connectivity index is 1.74. The van der Waals surface area contributed by atoms with E-state index < -0.39 is 0 Å². The van der Waals surface area contributed by atoms with Crippen molar-refractivity contribution in [3.05, 3.63) is 24.4 Å². The highest BCUT2D eigenvalue weighted by atomic mass is 16.4. The lowest BCUT2D eigenvalue weighted by molar-refractivity contribution is 0.0747. The molecule has 0 aromatic carbocycles. The van der Waals surface area contributed by atoms with Gasteiger partial charge in [-0.15, -0.1) is 10.2 Å². The number of nitrogens with zero attached hydrogens (tertiary/aromatic N) is 6. The number of piperidine rings is 1. The quantitative estimate of drug-likeness (QED) is 0.844. The maximum atomic E-state index is 5.58. The Morgan fingerprint density at radius 1 is 1.40 bits per heavy atom. The average molecular weight is 276 g/mol. The summed E-state index contributed by atoms with van der Waals surface area (Å²) in [5, 5.41) is 12.3. The third-order valence-electron chi connectivity index (χ3n) is 3.93. The number of hydrogen-bond donors (Lipinski definition) is 0. The van der Waals surface area contributed by atoms with Gasteiger partial charge in [-0.25, -0.2) is 4.98 Å². The zero-order chi connectivity index (χ0) is 13.9. The van der Waals surface area contributed by atoms with Gasteiger partial charge < -0.3 is 4.42 Å². The van der Waals surface area contributed by atoms with Crippen LogP contribution in [-0.2, 0) is 6.54 Å². The Labute approximate surface area is 118 Å². The molecule has 20 heavy (non-hydrogen) atoms. The normalized spacial score (nSPS) is 22.0. The molecule has 2 aromatic heterocycles. The van der Waals surface area contributed by atoms with Crippen LogP contribution in [0.2, 0.25) is 0 Å². The van der Waals surface area contributed by atoms with Crippen LogP contribution >= 0.6 is 0 Å². The largest absolute Gasteiger partial charge is 0.424 e. The van der Waals surface area contributed by atoms with Gasteiger partial charge in [-0.05, 0) is 26.3 Å². The van der Waals surface area contributed by atoms with Gasteiger partial charge in [0.05, 0.1) is 12.6 Å². The van der Waals surface area contributed by atoms with Crippen molar-refractivity contribution in [1.82, 2.24) is 29.9 Å². The van der Waals surface area contributed by atoms with Crippen LogP contribution in [0.3, 0.4) is 0 Å². The Hall–Kier alpha value is -1.76. The third-order valence-corrected chi connectivity index (χ3v) is 3.93. The molecule has 0 N–H and O–H groups in total. The van der Waals surface area contributed by atoms with Crippen LogP contribution in [0.5, 0.6) is 0 Å². The molecule has 7 heteroatoms. The molecule has 2 aromatic rings. The summed E-state index contributed by atoms with van der Waals surface area (Å²) in [6.07, 6.45) is 6.99. The van der Waals surface area contributed by atoms with Crippen molar-refractivity contribution < 1.29 is 4.42 Å². The molecule has 0 amide bonds. The summed E-state index contributed by atoms with van der Waals surface area (Å²) in [5.74, 6) is 1.32. The minimum absolute atomic E-state index is 0.144. The van der Waals surface area contributed by atoms with Crippen LogP contribution < -0.4 is 0 Å². The third kappa shape index (κ3) is 2.72. The first-order chi connectivity index (χ1) is 9.74. The van der Waals surface area contributed by atoms with E-state index in [1.165, 1.54) is 12.8 Å². The first kappa shape index (κ1) is 13.2. The van der Waals surface area contributed by atoms with Crippen molar-refractivity contribution in [2.45, 2.75) is 51.7 Å². The number of aromatic nitrogens is 5. The summed E-state index contributed by atoms with van der Waals surface area (Å²) >= 11 is 0. The van der Waals surface area contributed by atoms with Crippen LogP contribution in [0, 0.1) is 6.92 Å². The van der Waals surface area contributed by atoms with Gasteiger partial charge in [0.15, 0.2) is 0 Å². The highest BCUT2D eigenvalue weighted by molar-refractivity contribution is 4.92. The molecule has 1 aliphatic rings. The second-order valence-corrected chi connectivity index (χ2v) is 5.34. The van der Waals surface area contributed by atoms with Gasteiger partial charge >= 0.3 is 0 Å². The summed E-state index contributed by atoms with van der Waals surface area (Å²) < 4.78 is 7.48. The molecule has 108 valence electrons. The molecular formula is C13H20N6O. The topological polar surface area (TPSA) is 72.9 Å². The predicted octanol–water partition coefficient (Wildman–Crippen LogP) is 1.59. The van der Waals surface area contributed by atoms with E-state index in [4.69, 9.17) is 4.42 Å². The van der Waals surface area contributed by atoms with Crippen molar-refractivity contribution in [3.63, 3.8) is 0 Å². The predicted molar refractivity (Wildman–Crippen MR) is 71.8 cm³/mol. The SMILES string of the molecule is Cc1nnc([C@H](C)N2CCCC[C@H]2Cn2cncn2)o1. The number of likely N-dealkylation sites (tertiary alicyclic amines) is 1. The minimum Gasteiger partial charge on any atom is -0.424 e. The van der Waals surface area contributed by atoms with Crippen LogP contribution in [0.15, 0.2) is 17.1 Å². The highest BCUT2D eigenvalue weighted by Gasteiger charge is 2.30. The fourth-order valence-electron chi connectivity index (χ4n) is 2.89. The van der Waals surface area contributed by atoms with Crippen LogP contribution in [-0.4, -0.2) is 42.4 Å². The zero-order valence-electron chi connectivity index (χ0n) is 11.9. The van der Waals surface area contributed by atoms with E-state index in [-0.39, 0.29) is 6.04 Å². The molecule has 7 nitrogen and oxygen atoms in total. The molecule has 0 unspecified atom stereocenters. The maximum Gasteiger partial charge on any atom is 0.233 e. The molecular weight excluding hydrogens is 256 g/mol. The maximum absolute atomic E-state index is 5.58. The lowest BCUT2D eigenvalue weighted by Gasteiger charge is -2.38. The molecule has 0 saturated carbocycles. The van der Waals surface area contributed by atoms with Gasteiger partial charge in [-0.1, -0.05) is 6.42 Å². The molecule has 0 bridgehead atoms. The Morgan fingerprint density at radius 3 is 3.00 bits per heavy atom. The smallest absolute Gasteiger partial charge is 0.233 e. The van der Waals surface area contributed by atoms with Crippen molar-refractivity contribution in [2.24, 2.45) is 0 Å². The van der Waals surface area contributed by atoms with E-state index >= 15 is 0 Å². The van der Waals surface area contributed by atoms with Crippen LogP contribution in [0.4, 0.5) is 0 Å². The molecule has 0 aliphatic carbocycles. The van der Waals surface area contributed by atoms with Gasteiger partial charge in [0.25, 0.3) is 0 Å². The number of hydrogen-bond acceptors (Lipinski definition) is 6. The molecule has 1 aliphatic heterocycles. The molecule has 3 heterocycles. The average Bonchev–Trinajstić information content (AvgIpc) is 3.10. The zero-order valence-corrected chi connectivity index (χ0v) is 11.9. The Bertz CT molecular complexity index is 537. The lowest BCUT2D eigenvalue weighted by atomic mass is 10.00. The summed E-state index contributed by atoms with van der Waals surface area (Å²) in [5.41, 5.74) is 0. The summed E-state index contributed by atoms with van der Waals surface area (Å²) in [7, 11) is 0. The first-order valence-corrected chi connectivity index (χ1v) is 7.12. The van der Waals surface area contributed by atoms with Crippen molar-refractivity contribution in [2.75, 3.05) is 6.54 Å². The van der Waals surface area contributed by atoms with Gasteiger partial charge in [-0.2, -0.15) is 5.10 Å². The van der Waals surface area contributed by atoms with Gasteiger partial charge in [0.2, 0.25) is 11.8 Å². The molecule has 1 fully saturated rings. The summed E-state index contributed by atoms with van der Waals surface area (Å²) in [4.78, 5) is 6.45. The molecule has 2 atom stereocenters. The lowest BCUT2D eigenvalue weighted by Crippen LogP contribution is -2.43. The van der Waals surface area contributed by atoms with Crippen molar-refractivity contribution >= 4 is 0 Å². The second-order valence-electron chi connectivity index (χ2n) is 5.34. The molecule has 0 radical (unpaired) electrons. The van der Waals surface area contributed by atoms with Crippen LogP contribution in [0.1, 0.15) is 44.0 Å². The highest BCUT2D eigenvalue weighted by Crippen LogP contribution is 2.28. The minimum atomic E-state index is 0.144. The first-order valence-electron chi connectivity index (χ1n) is 7.12. The molecule has 3 rings (SSSR count). The van der Waals surface area contributed by atoms with Crippen molar-refractivity contribution in [3.8, 4) is 0 Å². The molecule has 1 saturated heterocycles. The van der Waals surface area contributed by atoms with Crippen LogP contribution in [0.25, 0.3) is 0 Å². The number of aryl methyl sites for hydroxylation is 1. The van der Waals surface area contributed by atoms with E-state index in [2.05, 4.69) is 32.1 Å². The second kappa shape index (κ2) is 5.70. The van der Waals surface area contributed by atoms with E-state index in [0.717, 1.165) is 19.5 Å². The fourth-order valence-corrected chi connectivity index (χ4v) is 2.89. The van der Waals surface area contributed by atoms with Gasteiger partial charge in [0, 0.05) is 13.0 Å². The van der Waals surface area contributed by atoms with E-state index in [9.17, 15) is 0 Å². The standard InChI is InChI=1S/C13H20N6O/c1-10(13-17-16-11(2)20-13)19-6-4-3-5-12(19)7-18-9-14-8-15-18/h8-10,12H,3-7H2,1-2H3/t10-,12-/m0/s1. The van der Waals surface area contributed by atoms with Gasteiger partial charge in [0.1, 0.15) is 12.7 Å². The van der Waals surface area contributed by atoms with E-state index in [1.807, 2.05) is 11.6 Å². The molecule has 0 spiro atoms. The van der Waals surface area contributed by atoms with E-state index in [1.54, 1.807) is 12.7 Å². The van der Waals surface area contributed by atoms with Crippen molar-refractivity contribution in [1.29, 1.82) is 0 Å². The summed E-state index contributed by atoms with van der Waals surface area (Å²) in [6, 6.07) is 0.581. The fraction of sp³-hybridized carbons (Fsp3) is 0.692. The Morgan fingerprint density at radius 2 is 2.30 bits per heavy atom. The monoisotopic (exact) mass is 276 g/mol. The van der Waals surface area contributed by atoms with E-state index in [0.29, 0.717) is 17.8 Å². The summed E-state index contributed by atoms with van der Waals surface area (Å²) in [6.45, 7) is 5.87. The Kier molecular flexibility index (Phi) is 3.77.